The minimum Gasteiger partial charge on any atom is -0.423 e. The van der Waals surface area contributed by atoms with Crippen LogP contribution in [0, 0.1) is 12.7 Å². The third kappa shape index (κ3) is 3.10. The molecule has 0 unspecified atom stereocenters. The van der Waals surface area contributed by atoms with Gasteiger partial charge in [-0.2, -0.15) is 0 Å². The van der Waals surface area contributed by atoms with E-state index >= 15 is 0 Å². The second kappa shape index (κ2) is 5.38. The van der Waals surface area contributed by atoms with Crippen LogP contribution >= 0.6 is 0 Å². The van der Waals surface area contributed by atoms with Gasteiger partial charge in [0.2, 0.25) is 0 Å². The number of pyridine rings is 1. The Morgan fingerprint density at radius 1 is 1.32 bits per heavy atom. The first-order chi connectivity index (χ1) is 8.97. The number of hydrogen-bond donors (Lipinski definition) is 2. The van der Waals surface area contributed by atoms with E-state index in [4.69, 9.17) is 10.0 Å². The number of nitrogens with zero attached hydrogens (tertiary/aromatic N) is 1. The molecule has 2 rings (SSSR count). The zero-order chi connectivity index (χ0) is 14.0. The molecule has 0 aliphatic heterocycles. The van der Waals surface area contributed by atoms with Gasteiger partial charge in [0, 0.05) is 11.8 Å². The minimum atomic E-state index is -1.73. The Hall–Kier alpha value is -1.92. The molecular formula is C13H13BFNO3. The van der Waals surface area contributed by atoms with Gasteiger partial charge >= 0.3 is 7.12 Å². The maximum Gasteiger partial charge on any atom is 0.488 e. The van der Waals surface area contributed by atoms with Crippen LogP contribution in [0.1, 0.15) is 11.1 Å². The SMILES string of the molecule is Cc1cccn(Cc2cc(F)cc(B(O)O)c2)c1=O. The van der Waals surface area contributed by atoms with Crippen LogP contribution in [0.4, 0.5) is 4.39 Å². The van der Waals surface area contributed by atoms with Crippen molar-refractivity contribution in [3.05, 3.63) is 63.8 Å². The van der Waals surface area contributed by atoms with E-state index in [9.17, 15) is 9.18 Å². The monoisotopic (exact) mass is 261 g/mol. The molecule has 0 fully saturated rings. The van der Waals surface area contributed by atoms with E-state index in [1.165, 1.54) is 16.7 Å². The number of aryl methyl sites for hydroxylation is 1. The third-order valence-corrected chi connectivity index (χ3v) is 2.84. The molecule has 6 heteroatoms. The predicted molar refractivity (Wildman–Crippen MR) is 70.8 cm³/mol. The molecule has 0 saturated carbocycles. The highest BCUT2D eigenvalue weighted by Gasteiger charge is 2.13. The van der Waals surface area contributed by atoms with Crippen molar-refractivity contribution >= 4 is 12.6 Å². The summed E-state index contributed by atoms with van der Waals surface area (Å²) in [6.07, 6.45) is 1.61. The van der Waals surface area contributed by atoms with E-state index in [1.807, 2.05) is 0 Å². The van der Waals surface area contributed by atoms with Gasteiger partial charge < -0.3 is 14.6 Å². The summed E-state index contributed by atoms with van der Waals surface area (Å²) in [6, 6.07) is 7.21. The van der Waals surface area contributed by atoms with E-state index < -0.39 is 12.9 Å². The summed E-state index contributed by atoms with van der Waals surface area (Å²) in [7, 11) is -1.73. The lowest BCUT2D eigenvalue weighted by atomic mass is 9.79. The van der Waals surface area contributed by atoms with Crippen molar-refractivity contribution in [3.8, 4) is 0 Å². The summed E-state index contributed by atoms with van der Waals surface area (Å²) in [5, 5.41) is 18.1. The van der Waals surface area contributed by atoms with Crippen molar-refractivity contribution in [3.63, 3.8) is 0 Å². The molecule has 0 aliphatic rings. The Morgan fingerprint density at radius 3 is 2.74 bits per heavy atom. The normalized spacial score (nSPS) is 10.5. The largest absolute Gasteiger partial charge is 0.488 e. The van der Waals surface area contributed by atoms with Gasteiger partial charge in [-0.15, -0.1) is 0 Å². The fraction of sp³-hybridized carbons (Fsp3) is 0.154. The third-order valence-electron chi connectivity index (χ3n) is 2.84. The van der Waals surface area contributed by atoms with Crippen LogP contribution in [-0.4, -0.2) is 21.7 Å². The lowest BCUT2D eigenvalue weighted by Crippen LogP contribution is -2.31. The second-order valence-electron chi connectivity index (χ2n) is 4.39. The molecule has 98 valence electrons. The standard InChI is InChI=1S/C13H13BFNO3/c1-9-3-2-4-16(13(9)17)8-10-5-11(14(18)19)7-12(15)6-10/h2-7,18-19H,8H2,1H3. The van der Waals surface area contributed by atoms with Crippen molar-refractivity contribution in [1.82, 2.24) is 4.57 Å². The fourth-order valence-corrected chi connectivity index (χ4v) is 1.89. The van der Waals surface area contributed by atoms with E-state index in [-0.39, 0.29) is 17.6 Å². The summed E-state index contributed by atoms with van der Waals surface area (Å²) >= 11 is 0. The average molecular weight is 261 g/mol. The molecule has 1 aromatic carbocycles. The molecule has 0 spiro atoms. The minimum absolute atomic E-state index is 0.0655. The quantitative estimate of drug-likeness (QED) is 0.766. The van der Waals surface area contributed by atoms with Crippen LogP contribution in [0.2, 0.25) is 0 Å². The van der Waals surface area contributed by atoms with Gasteiger partial charge in [-0.05, 0) is 36.1 Å². The van der Waals surface area contributed by atoms with Gasteiger partial charge in [-0.3, -0.25) is 4.79 Å². The maximum atomic E-state index is 13.4. The molecule has 0 saturated heterocycles. The molecule has 0 atom stereocenters. The van der Waals surface area contributed by atoms with Crippen LogP contribution < -0.4 is 11.0 Å². The molecule has 4 nitrogen and oxygen atoms in total. The van der Waals surface area contributed by atoms with Crippen LogP contribution in [0.3, 0.4) is 0 Å². The van der Waals surface area contributed by atoms with E-state index in [1.54, 1.807) is 25.3 Å². The summed E-state index contributed by atoms with van der Waals surface area (Å²) in [5.74, 6) is -0.568. The number of rotatable bonds is 3. The molecule has 2 aromatic rings. The Balaban J connectivity index is 2.38. The molecule has 0 bridgehead atoms. The van der Waals surface area contributed by atoms with Crippen LogP contribution in [0.25, 0.3) is 0 Å². The van der Waals surface area contributed by atoms with Gasteiger partial charge in [-0.1, -0.05) is 12.1 Å². The Kier molecular flexibility index (Phi) is 3.83. The van der Waals surface area contributed by atoms with Gasteiger partial charge in [-0.25, -0.2) is 4.39 Å². The van der Waals surface area contributed by atoms with E-state index in [0.29, 0.717) is 11.1 Å². The highest BCUT2D eigenvalue weighted by Crippen LogP contribution is 2.04. The Labute approximate surface area is 109 Å². The number of aromatic nitrogens is 1. The molecule has 0 radical (unpaired) electrons. The molecule has 0 amide bonds. The average Bonchev–Trinajstić information content (AvgIpc) is 2.34. The lowest BCUT2D eigenvalue weighted by Gasteiger charge is -2.09. The molecule has 2 N–H and O–H groups in total. The topological polar surface area (TPSA) is 62.5 Å². The first-order valence-electron chi connectivity index (χ1n) is 5.79. The van der Waals surface area contributed by atoms with E-state index in [2.05, 4.69) is 0 Å². The fourth-order valence-electron chi connectivity index (χ4n) is 1.89. The lowest BCUT2D eigenvalue weighted by molar-refractivity contribution is 0.425. The summed E-state index contributed by atoms with van der Waals surface area (Å²) in [6.45, 7) is 1.88. The highest BCUT2D eigenvalue weighted by atomic mass is 19.1. The molecule has 0 aliphatic carbocycles. The van der Waals surface area contributed by atoms with Crippen LogP contribution in [0.15, 0.2) is 41.3 Å². The summed E-state index contributed by atoms with van der Waals surface area (Å²) in [5.41, 5.74) is 1.01. The van der Waals surface area contributed by atoms with Crippen molar-refractivity contribution in [2.45, 2.75) is 13.5 Å². The van der Waals surface area contributed by atoms with Crippen molar-refractivity contribution in [1.29, 1.82) is 0 Å². The zero-order valence-electron chi connectivity index (χ0n) is 10.4. The van der Waals surface area contributed by atoms with Crippen LogP contribution in [-0.2, 0) is 6.54 Å². The summed E-state index contributed by atoms with van der Waals surface area (Å²) in [4.78, 5) is 11.8. The second-order valence-corrected chi connectivity index (χ2v) is 4.39. The Bertz CT molecular complexity index is 655. The number of benzene rings is 1. The van der Waals surface area contributed by atoms with Crippen molar-refractivity contribution in [2.24, 2.45) is 0 Å². The van der Waals surface area contributed by atoms with Gasteiger partial charge in [0.15, 0.2) is 0 Å². The van der Waals surface area contributed by atoms with Crippen molar-refractivity contribution < 1.29 is 14.4 Å². The maximum absolute atomic E-state index is 13.4. The first-order valence-corrected chi connectivity index (χ1v) is 5.79. The highest BCUT2D eigenvalue weighted by molar-refractivity contribution is 6.58. The molecule has 1 heterocycles. The molecular weight excluding hydrogens is 248 g/mol. The zero-order valence-corrected chi connectivity index (χ0v) is 10.4. The van der Waals surface area contributed by atoms with Gasteiger partial charge in [0.1, 0.15) is 5.82 Å². The predicted octanol–water partition coefficient (Wildman–Crippen LogP) is 0.0239. The summed E-state index contributed by atoms with van der Waals surface area (Å²) < 4.78 is 14.8. The van der Waals surface area contributed by atoms with Crippen LogP contribution in [0.5, 0.6) is 0 Å². The van der Waals surface area contributed by atoms with Crippen molar-refractivity contribution in [2.75, 3.05) is 0 Å². The number of hydrogen-bond acceptors (Lipinski definition) is 3. The smallest absolute Gasteiger partial charge is 0.423 e. The first kappa shape index (κ1) is 13.5. The van der Waals surface area contributed by atoms with Gasteiger partial charge in [0.05, 0.1) is 6.54 Å². The number of halogens is 1. The van der Waals surface area contributed by atoms with Gasteiger partial charge in [0.25, 0.3) is 5.56 Å². The molecule has 1 aromatic heterocycles. The molecule has 19 heavy (non-hydrogen) atoms. The Morgan fingerprint density at radius 2 is 2.05 bits per heavy atom. The van der Waals surface area contributed by atoms with E-state index in [0.717, 1.165) is 6.07 Å².